The Morgan fingerprint density at radius 3 is 2.55 bits per heavy atom. The third-order valence-corrected chi connectivity index (χ3v) is 1.69. The van der Waals surface area contributed by atoms with Gasteiger partial charge in [-0.15, -0.1) is 0 Å². The molecule has 0 aromatic rings. The van der Waals surface area contributed by atoms with Gasteiger partial charge in [-0.2, -0.15) is 0 Å². The standard InChI is InChI=1S/C7H10N2O2/c1-4(8-2)5-3-6(10)9-7(5)11/h3-4,8H,1-2H3,(H,9,10,11). The lowest BCUT2D eigenvalue weighted by Gasteiger charge is -2.07. The molecule has 0 aromatic heterocycles. The lowest BCUT2D eigenvalue weighted by Crippen LogP contribution is -2.30. The number of rotatable bonds is 2. The molecule has 1 aliphatic heterocycles. The van der Waals surface area contributed by atoms with Crippen molar-refractivity contribution in [3.05, 3.63) is 11.6 Å². The van der Waals surface area contributed by atoms with Gasteiger partial charge in [-0.1, -0.05) is 0 Å². The molecule has 0 saturated carbocycles. The van der Waals surface area contributed by atoms with Crippen LogP contribution in [-0.2, 0) is 9.59 Å². The number of carbonyl (C=O) groups is 2. The molecule has 0 radical (unpaired) electrons. The van der Waals surface area contributed by atoms with Gasteiger partial charge in [0.1, 0.15) is 0 Å². The second kappa shape index (κ2) is 2.84. The number of nitrogens with one attached hydrogen (secondary N) is 2. The zero-order valence-electron chi connectivity index (χ0n) is 6.47. The van der Waals surface area contributed by atoms with Gasteiger partial charge in [0, 0.05) is 17.7 Å². The molecule has 0 fully saturated rings. The first-order chi connectivity index (χ1) is 5.15. The van der Waals surface area contributed by atoms with E-state index in [1.165, 1.54) is 6.08 Å². The van der Waals surface area contributed by atoms with Crippen LogP contribution in [0.15, 0.2) is 11.6 Å². The van der Waals surface area contributed by atoms with E-state index in [-0.39, 0.29) is 17.9 Å². The third kappa shape index (κ3) is 1.46. The lowest BCUT2D eigenvalue weighted by atomic mass is 10.1. The van der Waals surface area contributed by atoms with Crippen LogP contribution in [0.5, 0.6) is 0 Å². The van der Waals surface area contributed by atoms with Crippen LogP contribution in [0.25, 0.3) is 0 Å². The van der Waals surface area contributed by atoms with Crippen LogP contribution in [-0.4, -0.2) is 24.9 Å². The quantitative estimate of drug-likeness (QED) is 0.511. The number of carbonyl (C=O) groups excluding carboxylic acids is 2. The highest BCUT2D eigenvalue weighted by Crippen LogP contribution is 2.06. The molecule has 11 heavy (non-hydrogen) atoms. The maximum atomic E-state index is 10.9. The summed E-state index contributed by atoms with van der Waals surface area (Å²) in [6, 6.07) is -0.0681. The predicted octanol–water partition coefficient (Wildman–Crippen LogP) is -0.823. The fraction of sp³-hybridized carbons (Fsp3) is 0.429. The first-order valence-electron chi connectivity index (χ1n) is 3.39. The molecule has 60 valence electrons. The number of likely N-dealkylation sites (N-methyl/N-ethyl adjacent to an activating group) is 1. The molecule has 1 rings (SSSR count). The van der Waals surface area contributed by atoms with Crippen molar-refractivity contribution in [2.45, 2.75) is 13.0 Å². The minimum atomic E-state index is -0.327. The summed E-state index contributed by atoms with van der Waals surface area (Å²) in [6.45, 7) is 1.82. The van der Waals surface area contributed by atoms with E-state index in [4.69, 9.17) is 0 Å². The van der Waals surface area contributed by atoms with Crippen molar-refractivity contribution in [3.63, 3.8) is 0 Å². The van der Waals surface area contributed by atoms with Gasteiger partial charge < -0.3 is 5.32 Å². The van der Waals surface area contributed by atoms with E-state index in [2.05, 4.69) is 10.6 Å². The number of hydrogen-bond donors (Lipinski definition) is 2. The Bertz CT molecular complexity index is 233. The van der Waals surface area contributed by atoms with Crippen molar-refractivity contribution in [2.75, 3.05) is 7.05 Å². The minimum Gasteiger partial charge on any atom is -0.313 e. The van der Waals surface area contributed by atoms with Gasteiger partial charge >= 0.3 is 0 Å². The van der Waals surface area contributed by atoms with Crippen molar-refractivity contribution in [3.8, 4) is 0 Å². The van der Waals surface area contributed by atoms with Gasteiger partial charge in [-0.05, 0) is 14.0 Å². The maximum absolute atomic E-state index is 10.9. The predicted molar refractivity (Wildman–Crippen MR) is 39.8 cm³/mol. The highest BCUT2D eigenvalue weighted by atomic mass is 16.2. The molecule has 1 atom stereocenters. The maximum Gasteiger partial charge on any atom is 0.255 e. The number of amides is 2. The molecule has 0 bridgehead atoms. The summed E-state index contributed by atoms with van der Waals surface area (Å²) >= 11 is 0. The highest BCUT2D eigenvalue weighted by molar-refractivity contribution is 6.16. The first kappa shape index (κ1) is 7.94. The Kier molecular flexibility index (Phi) is 2.05. The van der Waals surface area contributed by atoms with Crippen molar-refractivity contribution < 1.29 is 9.59 Å². The van der Waals surface area contributed by atoms with Gasteiger partial charge in [0.05, 0.1) is 0 Å². The van der Waals surface area contributed by atoms with Crippen LogP contribution in [0.1, 0.15) is 6.92 Å². The van der Waals surface area contributed by atoms with E-state index in [1.54, 1.807) is 7.05 Å². The smallest absolute Gasteiger partial charge is 0.255 e. The molecule has 0 aromatic carbocycles. The topological polar surface area (TPSA) is 58.2 Å². The van der Waals surface area contributed by atoms with Crippen molar-refractivity contribution in [1.29, 1.82) is 0 Å². The van der Waals surface area contributed by atoms with E-state index in [9.17, 15) is 9.59 Å². The van der Waals surface area contributed by atoms with Crippen molar-refractivity contribution in [2.24, 2.45) is 0 Å². The Hall–Kier alpha value is -1.16. The zero-order chi connectivity index (χ0) is 8.43. The monoisotopic (exact) mass is 154 g/mol. The van der Waals surface area contributed by atoms with Crippen LogP contribution in [0.4, 0.5) is 0 Å². The minimum absolute atomic E-state index is 0.0681. The Morgan fingerprint density at radius 2 is 2.18 bits per heavy atom. The number of hydrogen-bond acceptors (Lipinski definition) is 3. The molecule has 0 saturated heterocycles. The molecule has 1 unspecified atom stereocenters. The zero-order valence-corrected chi connectivity index (χ0v) is 6.47. The second-order valence-corrected chi connectivity index (χ2v) is 2.43. The van der Waals surface area contributed by atoms with Crippen molar-refractivity contribution >= 4 is 11.8 Å². The second-order valence-electron chi connectivity index (χ2n) is 2.43. The normalized spacial score (nSPS) is 19.6. The molecular formula is C7H10N2O2. The van der Waals surface area contributed by atoms with Crippen LogP contribution >= 0.6 is 0 Å². The summed E-state index contributed by atoms with van der Waals surface area (Å²) in [5.41, 5.74) is 0.498. The summed E-state index contributed by atoms with van der Waals surface area (Å²) in [6.07, 6.45) is 1.32. The van der Waals surface area contributed by atoms with Gasteiger partial charge in [0.15, 0.2) is 0 Å². The molecule has 0 aliphatic carbocycles. The summed E-state index contributed by atoms with van der Waals surface area (Å²) in [5, 5.41) is 5.05. The van der Waals surface area contributed by atoms with E-state index in [1.807, 2.05) is 6.92 Å². The molecule has 1 aliphatic rings. The van der Waals surface area contributed by atoms with Crippen LogP contribution in [0.2, 0.25) is 0 Å². The molecule has 4 nitrogen and oxygen atoms in total. The van der Waals surface area contributed by atoms with Gasteiger partial charge in [-0.25, -0.2) is 0 Å². The lowest BCUT2D eigenvalue weighted by molar-refractivity contribution is -0.123. The largest absolute Gasteiger partial charge is 0.313 e. The molecule has 1 heterocycles. The highest BCUT2D eigenvalue weighted by Gasteiger charge is 2.23. The Morgan fingerprint density at radius 1 is 1.55 bits per heavy atom. The summed E-state index contributed by atoms with van der Waals surface area (Å²) in [4.78, 5) is 21.6. The average Bonchev–Trinajstić information content (AvgIpc) is 2.28. The number of imide groups is 1. The van der Waals surface area contributed by atoms with Crippen LogP contribution in [0, 0.1) is 0 Å². The van der Waals surface area contributed by atoms with Gasteiger partial charge in [0.2, 0.25) is 0 Å². The van der Waals surface area contributed by atoms with E-state index >= 15 is 0 Å². The average molecular weight is 154 g/mol. The van der Waals surface area contributed by atoms with Crippen LogP contribution < -0.4 is 10.6 Å². The summed E-state index contributed by atoms with van der Waals surface area (Å²) in [5.74, 6) is -0.621. The fourth-order valence-electron chi connectivity index (χ4n) is 0.904. The Balaban J connectivity index is 2.79. The van der Waals surface area contributed by atoms with Gasteiger partial charge in [-0.3, -0.25) is 14.9 Å². The fourth-order valence-corrected chi connectivity index (χ4v) is 0.904. The molecule has 4 heteroatoms. The molecule has 2 amide bonds. The third-order valence-electron chi connectivity index (χ3n) is 1.69. The Labute approximate surface area is 64.7 Å². The summed E-state index contributed by atoms with van der Waals surface area (Å²) < 4.78 is 0. The van der Waals surface area contributed by atoms with E-state index in [0.29, 0.717) is 5.57 Å². The first-order valence-corrected chi connectivity index (χ1v) is 3.39. The summed E-state index contributed by atoms with van der Waals surface area (Å²) in [7, 11) is 1.74. The van der Waals surface area contributed by atoms with E-state index in [0.717, 1.165) is 0 Å². The van der Waals surface area contributed by atoms with Crippen LogP contribution in [0.3, 0.4) is 0 Å². The van der Waals surface area contributed by atoms with Crippen molar-refractivity contribution in [1.82, 2.24) is 10.6 Å². The van der Waals surface area contributed by atoms with Gasteiger partial charge in [0.25, 0.3) is 11.8 Å². The molecule has 2 N–H and O–H groups in total. The molecule has 0 spiro atoms. The van der Waals surface area contributed by atoms with E-state index < -0.39 is 0 Å². The molecular weight excluding hydrogens is 144 g/mol. The SMILES string of the molecule is CNC(C)C1=CC(=O)NC1=O.